The summed E-state index contributed by atoms with van der Waals surface area (Å²) in [5.74, 6) is -0.173. The van der Waals surface area contributed by atoms with Gasteiger partial charge in [0, 0.05) is 11.0 Å². The molecule has 0 aliphatic rings. The minimum atomic E-state index is -0.173. The van der Waals surface area contributed by atoms with Gasteiger partial charge in [0.15, 0.2) is 4.80 Å². The van der Waals surface area contributed by atoms with Gasteiger partial charge in [-0.2, -0.15) is 4.99 Å². The summed E-state index contributed by atoms with van der Waals surface area (Å²) in [7, 11) is 0. The molecule has 3 aromatic rings. The molecule has 0 aliphatic heterocycles. The van der Waals surface area contributed by atoms with Gasteiger partial charge in [-0.15, -0.1) is 11.3 Å². The van der Waals surface area contributed by atoms with Crippen LogP contribution in [0.2, 0.25) is 0 Å². The number of hydrogen-bond donors (Lipinski definition) is 0. The quantitative estimate of drug-likeness (QED) is 0.666. The van der Waals surface area contributed by atoms with E-state index < -0.39 is 0 Å². The summed E-state index contributed by atoms with van der Waals surface area (Å²) >= 11 is 6.43. The summed E-state index contributed by atoms with van der Waals surface area (Å²) in [4.78, 5) is 17.8. The summed E-state index contributed by atoms with van der Waals surface area (Å²) < 4.78 is 4.22. The molecular formula is C14H11BrN2OS2. The van der Waals surface area contributed by atoms with Crippen molar-refractivity contribution in [3.05, 3.63) is 49.9 Å². The molecule has 0 unspecified atom stereocenters. The summed E-state index contributed by atoms with van der Waals surface area (Å²) in [6, 6.07) is 9.78. The lowest BCUT2D eigenvalue weighted by atomic mass is 10.3. The second-order valence-corrected chi connectivity index (χ2v) is 7.01. The second kappa shape index (κ2) is 5.63. The summed E-state index contributed by atoms with van der Waals surface area (Å²) in [5, 5.41) is 1.89. The van der Waals surface area contributed by atoms with E-state index in [2.05, 4.69) is 38.5 Å². The number of halogens is 1. The molecule has 6 heteroatoms. The first-order valence-corrected chi connectivity index (χ1v) is 8.59. The number of hydrogen-bond acceptors (Lipinski definition) is 3. The average molecular weight is 367 g/mol. The maximum Gasteiger partial charge on any atom is 0.289 e. The van der Waals surface area contributed by atoms with Crippen LogP contribution >= 0.6 is 38.6 Å². The fourth-order valence-electron chi connectivity index (χ4n) is 1.98. The molecule has 1 aromatic carbocycles. The lowest BCUT2D eigenvalue weighted by molar-refractivity contribution is 0.100. The number of nitrogens with zero attached hydrogens (tertiary/aromatic N) is 2. The van der Waals surface area contributed by atoms with Crippen LogP contribution in [-0.4, -0.2) is 10.5 Å². The molecule has 2 aromatic heterocycles. The Labute approximate surface area is 132 Å². The highest BCUT2D eigenvalue weighted by molar-refractivity contribution is 9.10. The van der Waals surface area contributed by atoms with Crippen molar-refractivity contribution < 1.29 is 4.79 Å². The predicted octanol–water partition coefficient (Wildman–Crippen LogP) is 4.29. The standard InChI is InChI=1S/C14H11BrN2OS2/c1-2-17-10-6-5-9(15)8-12(10)20-14(17)16-13(18)11-4-3-7-19-11/h3-8H,2H2,1H3. The fraction of sp³-hybridized carbons (Fsp3) is 0.143. The van der Waals surface area contributed by atoms with Crippen LogP contribution in [0.25, 0.3) is 10.2 Å². The number of benzene rings is 1. The third-order valence-electron chi connectivity index (χ3n) is 2.89. The van der Waals surface area contributed by atoms with E-state index in [1.165, 1.54) is 22.7 Å². The molecule has 1 amide bonds. The van der Waals surface area contributed by atoms with Crippen LogP contribution in [0, 0.1) is 0 Å². The Bertz CT molecular complexity index is 831. The largest absolute Gasteiger partial charge is 0.317 e. The second-order valence-electron chi connectivity index (χ2n) is 4.14. The predicted molar refractivity (Wildman–Crippen MR) is 87.4 cm³/mol. The minimum absolute atomic E-state index is 0.173. The summed E-state index contributed by atoms with van der Waals surface area (Å²) in [6.07, 6.45) is 0. The molecule has 0 N–H and O–H groups in total. The molecule has 2 heterocycles. The number of aryl methyl sites for hydroxylation is 1. The molecule has 0 radical (unpaired) electrons. The highest BCUT2D eigenvalue weighted by atomic mass is 79.9. The van der Waals surface area contributed by atoms with Crippen LogP contribution in [0.3, 0.4) is 0 Å². The fourth-order valence-corrected chi connectivity index (χ4v) is 4.23. The number of fused-ring (bicyclic) bond motifs is 1. The first kappa shape index (κ1) is 13.7. The van der Waals surface area contributed by atoms with Crippen molar-refractivity contribution in [3.63, 3.8) is 0 Å². The van der Waals surface area contributed by atoms with E-state index in [4.69, 9.17) is 0 Å². The van der Waals surface area contributed by atoms with Gasteiger partial charge in [0.1, 0.15) is 0 Å². The molecule has 0 saturated heterocycles. The molecule has 0 spiro atoms. The van der Waals surface area contributed by atoms with Gasteiger partial charge in [-0.1, -0.05) is 33.3 Å². The van der Waals surface area contributed by atoms with E-state index in [9.17, 15) is 4.79 Å². The lowest BCUT2D eigenvalue weighted by Gasteiger charge is -1.99. The van der Waals surface area contributed by atoms with E-state index in [1.807, 2.05) is 23.6 Å². The molecule has 0 aliphatic carbocycles. The SMILES string of the molecule is CCn1c(=NC(=O)c2cccs2)sc2cc(Br)ccc21. The number of thiazole rings is 1. The maximum absolute atomic E-state index is 12.1. The van der Waals surface area contributed by atoms with Crippen LogP contribution in [0.4, 0.5) is 0 Å². The van der Waals surface area contributed by atoms with E-state index in [0.717, 1.165) is 26.0 Å². The first-order valence-electron chi connectivity index (χ1n) is 6.10. The normalized spacial score (nSPS) is 12.2. The Morgan fingerprint density at radius 1 is 1.40 bits per heavy atom. The van der Waals surface area contributed by atoms with Gasteiger partial charge < -0.3 is 4.57 Å². The van der Waals surface area contributed by atoms with Crippen molar-refractivity contribution >= 4 is 54.7 Å². The number of amides is 1. The van der Waals surface area contributed by atoms with Crippen LogP contribution in [0.1, 0.15) is 16.6 Å². The van der Waals surface area contributed by atoms with Crippen LogP contribution in [0.15, 0.2) is 45.2 Å². The van der Waals surface area contributed by atoms with Gasteiger partial charge in [-0.25, -0.2) is 0 Å². The monoisotopic (exact) mass is 366 g/mol. The van der Waals surface area contributed by atoms with Crippen molar-refractivity contribution in [2.24, 2.45) is 4.99 Å². The van der Waals surface area contributed by atoms with Crippen molar-refractivity contribution in [3.8, 4) is 0 Å². The third-order valence-corrected chi connectivity index (χ3v) is 5.28. The zero-order chi connectivity index (χ0) is 14.1. The number of carbonyl (C=O) groups excluding carboxylic acids is 1. The zero-order valence-electron chi connectivity index (χ0n) is 10.7. The van der Waals surface area contributed by atoms with Gasteiger partial charge in [-0.3, -0.25) is 4.79 Å². The molecule has 20 heavy (non-hydrogen) atoms. The van der Waals surface area contributed by atoms with Gasteiger partial charge in [0.2, 0.25) is 0 Å². The minimum Gasteiger partial charge on any atom is -0.317 e. The Balaban J connectivity index is 2.18. The number of aromatic nitrogens is 1. The van der Waals surface area contributed by atoms with Crippen LogP contribution in [0.5, 0.6) is 0 Å². The van der Waals surface area contributed by atoms with Gasteiger partial charge in [0.25, 0.3) is 5.91 Å². The Morgan fingerprint density at radius 3 is 2.95 bits per heavy atom. The Morgan fingerprint density at radius 2 is 2.25 bits per heavy atom. The Kier molecular flexibility index (Phi) is 3.87. The molecule has 3 rings (SSSR count). The smallest absolute Gasteiger partial charge is 0.289 e. The van der Waals surface area contributed by atoms with Crippen molar-refractivity contribution in [2.45, 2.75) is 13.5 Å². The zero-order valence-corrected chi connectivity index (χ0v) is 13.9. The summed E-state index contributed by atoms with van der Waals surface area (Å²) in [5.41, 5.74) is 1.11. The number of rotatable bonds is 2. The topological polar surface area (TPSA) is 34.4 Å². The van der Waals surface area contributed by atoms with Gasteiger partial charge in [-0.05, 0) is 36.6 Å². The van der Waals surface area contributed by atoms with Crippen LogP contribution in [-0.2, 0) is 6.54 Å². The molecule has 3 nitrogen and oxygen atoms in total. The highest BCUT2D eigenvalue weighted by Gasteiger charge is 2.09. The molecule has 0 saturated carbocycles. The van der Waals surface area contributed by atoms with E-state index in [-0.39, 0.29) is 5.91 Å². The van der Waals surface area contributed by atoms with E-state index >= 15 is 0 Å². The van der Waals surface area contributed by atoms with Crippen molar-refractivity contribution in [1.82, 2.24) is 4.57 Å². The van der Waals surface area contributed by atoms with Crippen LogP contribution < -0.4 is 4.80 Å². The number of thiophene rings is 1. The lowest BCUT2D eigenvalue weighted by Crippen LogP contribution is -2.15. The highest BCUT2D eigenvalue weighted by Crippen LogP contribution is 2.22. The molecule has 0 atom stereocenters. The maximum atomic E-state index is 12.1. The van der Waals surface area contributed by atoms with E-state index in [1.54, 1.807) is 6.07 Å². The van der Waals surface area contributed by atoms with E-state index in [0.29, 0.717) is 4.88 Å². The number of carbonyl (C=O) groups is 1. The first-order chi connectivity index (χ1) is 9.69. The van der Waals surface area contributed by atoms with Gasteiger partial charge >= 0.3 is 0 Å². The molecular weight excluding hydrogens is 356 g/mol. The average Bonchev–Trinajstić information content (AvgIpc) is 3.04. The summed E-state index contributed by atoms with van der Waals surface area (Å²) in [6.45, 7) is 2.85. The molecule has 0 bridgehead atoms. The van der Waals surface area contributed by atoms with Gasteiger partial charge in [0.05, 0.1) is 15.1 Å². The molecule has 0 fully saturated rings. The molecule has 102 valence electrons. The van der Waals surface area contributed by atoms with Crippen molar-refractivity contribution in [1.29, 1.82) is 0 Å². The Hall–Kier alpha value is -1.24. The van der Waals surface area contributed by atoms with Crippen molar-refractivity contribution in [2.75, 3.05) is 0 Å². The third kappa shape index (κ3) is 2.51.